The number of aliphatic hydroxyl groups is 1. The number of amides is 1. The molecule has 1 aromatic heterocycles. The average Bonchev–Trinajstić information content (AvgIpc) is 2.91. The zero-order valence-corrected chi connectivity index (χ0v) is 12.0. The van der Waals surface area contributed by atoms with Crippen molar-refractivity contribution >= 4 is 16.8 Å². The fourth-order valence-electron chi connectivity index (χ4n) is 2.95. The summed E-state index contributed by atoms with van der Waals surface area (Å²) in [5, 5.41) is 10.6. The van der Waals surface area contributed by atoms with Crippen molar-refractivity contribution in [2.24, 2.45) is 5.73 Å². The van der Waals surface area contributed by atoms with Gasteiger partial charge in [-0.3, -0.25) is 4.79 Å². The number of para-hydroxylation sites is 1. The van der Waals surface area contributed by atoms with E-state index in [-0.39, 0.29) is 12.0 Å². The van der Waals surface area contributed by atoms with Gasteiger partial charge in [0.05, 0.1) is 12.1 Å². The quantitative estimate of drug-likeness (QED) is 0.788. The number of hydrogen-bond acceptors (Lipinski definition) is 3. The number of nitrogens with two attached hydrogens (primary N) is 1. The van der Waals surface area contributed by atoms with Crippen LogP contribution < -0.4 is 5.73 Å². The van der Waals surface area contributed by atoms with E-state index < -0.39 is 6.04 Å². The Morgan fingerprint density at radius 3 is 2.86 bits per heavy atom. The van der Waals surface area contributed by atoms with Crippen molar-refractivity contribution in [1.29, 1.82) is 0 Å². The highest BCUT2D eigenvalue weighted by Gasteiger charge is 2.26. The van der Waals surface area contributed by atoms with E-state index in [1.165, 1.54) is 0 Å². The molecule has 4 N–H and O–H groups in total. The predicted octanol–water partition coefficient (Wildman–Crippen LogP) is 1.02. The number of carbonyl (C=O) groups is 1. The SMILES string of the molecule is N[C@H](Cc1c[nH]c2ccccc12)C(=O)N1CCC(O)CC1. The standard InChI is InChI=1S/C16H21N3O2/c17-14(16(21)19-7-5-12(20)6-8-19)9-11-10-18-15-4-2-1-3-13(11)15/h1-4,10,12,14,18,20H,5-9,17H2/t14-/m1/s1. The minimum absolute atomic E-state index is 0.0211. The van der Waals surface area contributed by atoms with Crippen LogP contribution >= 0.6 is 0 Å². The van der Waals surface area contributed by atoms with Gasteiger partial charge in [-0.25, -0.2) is 0 Å². The lowest BCUT2D eigenvalue weighted by atomic mass is 10.0. The summed E-state index contributed by atoms with van der Waals surface area (Å²) in [5.74, 6) is -0.0211. The summed E-state index contributed by atoms with van der Waals surface area (Å²) in [6.45, 7) is 1.20. The molecular weight excluding hydrogens is 266 g/mol. The maximum atomic E-state index is 12.4. The summed E-state index contributed by atoms with van der Waals surface area (Å²) >= 11 is 0. The first-order valence-electron chi connectivity index (χ1n) is 7.42. The zero-order chi connectivity index (χ0) is 14.8. The van der Waals surface area contributed by atoms with Gasteiger partial charge in [0, 0.05) is 30.2 Å². The highest BCUT2D eigenvalue weighted by Crippen LogP contribution is 2.19. The topological polar surface area (TPSA) is 82.4 Å². The highest BCUT2D eigenvalue weighted by molar-refractivity contribution is 5.86. The Morgan fingerprint density at radius 2 is 2.10 bits per heavy atom. The lowest BCUT2D eigenvalue weighted by Crippen LogP contribution is -2.48. The monoisotopic (exact) mass is 287 g/mol. The van der Waals surface area contributed by atoms with Crippen LogP contribution in [0.5, 0.6) is 0 Å². The zero-order valence-electron chi connectivity index (χ0n) is 12.0. The minimum atomic E-state index is -0.528. The summed E-state index contributed by atoms with van der Waals surface area (Å²) in [6.07, 6.45) is 3.47. The van der Waals surface area contributed by atoms with Crippen LogP contribution in [0.15, 0.2) is 30.5 Å². The van der Waals surface area contributed by atoms with Gasteiger partial charge in [-0.05, 0) is 30.9 Å². The normalized spacial score (nSPS) is 18.1. The molecule has 0 radical (unpaired) electrons. The van der Waals surface area contributed by atoms with Crippen LogP contribution in [0.1, 0.15) is 18.4 Å². The first kappa shape index (κ1) is 14.1. The number of nitrogens with zero attached hydrogens (tertiary/aromatic N) is 1. The molecule has 0 saturated carbocycles. The number of benzene rings is 1. The van der Waals surface area contributed by atoms with Crippen molar-refractivity contribution < 1.29 is 9.90 Å². The van der Waals surface area contributed by atoms with E-state index in [1.54, 1.807) is 4.90 Å². The van der Waals surface area contributed by atoms with Crippen LogP contribution in [-0.4, -0.2) is 46.1 Å². The van der Waals surface area contributed by atoms with Gasteiger partial charge >= 0.3 is 0 Å². The van der Waals surface area contributed by atoms with Gasteiger partial charge < -0.3 is 20.7 Å². The number of likely N-dealkylation sites (tertiary alicyclic amines) is 1. The van der Waals surface area contributed by atoms with Crippen LogP contribution in [0.25, 0.3) is 10.9 Å². The molecule has 5 heteroatoms. The smallest absolute Gasteiger partial charge is 0.239 e. The molecule has 5 nitrogen and oxygen atoms in total. The molecule has 0 bridgehead atoms. The number of piperidine rings is 1. The van der Waals surface area contributed by atoms with E-state index in [0.717, 1.165) is 16.5 Å². The number of hydrogen-bond donors (Lipinski definition) is 3. The third kappa shape index (κ3) is 2.94. The predicted molar refractivity (Wildman–Crippen MR) is 81.8 cm³/mol. The Morgan fingerprint density at radius 1 is 1.38 bits per heavy atom. The van der Waals surface area contributed by atoms with Gasteiger partial charge in [0.2, 0.25) is 5.91 Å². The molecule has 0 spiro atoms. The maximum Gasteiger partial charge on any atom is 0.239 e. The third-order valence-corrected chi connectivity index (χ3v) is 4.21. The third-order valence-electron chi connectivity index (χ3n) is 4.21. The van der Waals surface area contributed by atoms with Crippen molar-refractivity contribution in [2.45, 2.75) is 31.4 Å². The number of rotatable bonds is 3. The van der Waals surface area contributed by atoms with E-state index >= 15 is 0 Å². The molecule has 1 aliphatic heterocycles. The van der Waals surface area contributed by atoms with Crippen LogP contribution in [0.3, 0.4) is 0 Å². The molecule has 1 fully saturated rings. The molecule has 2 heterocycles. The molecule has 1 amide bonds. The molecule has 112 valence electrons. The second-order valence-corrected chi connectivity index (χ2v) is 5.73. The summed E-state index contributed by atoms with van der Waals surface area (Å²) < 4.78 is 0. The second-order valence-electron chi connectivity index (χ2n) is 5.73. The summed E-state index contributed by atoms with van der Waals surface area (Å²) in [4.78, 5) is 17.4. The molecule has 1 aliphatic rings. The number of aliphatic hydroxyl groups excluding tert-OH is 1. The van der Waals surface area contributed by atoms with E-state index in [9.17, 15) is 9.90 Å². The van der Waals surface area contributed by atoms with Crippen molar-refractivity contribution in [3.63, 3.8) is 0 Å². The molecule has 3 rings (SSSR count). The van der Waals surface area contributed by atoms with Crippen molar-refractivity contribution in [2.75, 3.05) is 13.1 Å². The second kappa shape index (κ2) is 5.87. The number of aromatic nitrogens is 1. The highest BCUT2D eigenvalue weighted by atomic mass is 16.3. The first-order valence-corrected chi connectivity index (χ1v) is 7.42. The number of carbonyl (C=O) groups excluding carboxylic acids is 1. The first-order chi connectivity index (χ1) is 10.1. The molecule has 2 aromatic rings. The largest absolute Gasteiger partial charge is 0.393 e. The molecule has 1 aromatic carbocycles. The van der Waals surface area contributed by atoms with E-state index in [0.29, 0.717) is 32.4 Å². The van der Waals surface area contributed by atoms with Crippen molar-refractivity contribution in [3.05, 3.63) is 36.0 Å². The number of aromatic amines is 1. The van der Waals surface area contributed by atoms with Gasteiger partial charge in [-0.15, -0.1) is 0 Å². The lowest BCUT2D eigenvalue weighted by molar-refractivity contribution is -0.134. The molecular formula is C16H21N3O2. The molecule has 1 saturated heterocycles. The van der Waals surface area contributed by atoms with Gasteiger partial charge in [-0.2, -0.15) is 0 Å². The molecule has 0 aliphatic carbocycles. The van der Waals surface area contributed by atoms with E-state index in [1.807, 2.05) is 30.5 Å². The lowest BCUT2D eigenvalue weighted by Gasteiger charge is -2.31. The Hall–Kier alpha value is -1.85. The number of fused-ring (bicyclic) bond motifs is 1. The Labute approximate surface area is 123 Å². The Kier molecular flexibility index (Phi) is 3.94. The van der Waals surface area contributed by atoms with Crippen molar-refractivity contribution in [3.8, 4) is 0 Å². The average molecular weight is 287 g/mol. The van der Waals surface area contributed by atoms with Gasteiger partial charge in [-0.1, -0.05) is 18.2 Å². The molecule has 1 atom stereocenters. The minimum Gasteiger partial charge on any atom is -0.393 e. The van der Waals surface area contributed by atoms with Gasteiger partial charge in [0.1, 0.15) is 0 Å². The summed E-state index contributed by atoms with van der Waals surface area (Å²) in [6, 6.07) is 7.49. The number of nitrogens with one attached hydrogen (secondary N) is 1. The van der Waals surface area contributed by atoms with Gasteiger partial charge in [0.15, 0.2) is 0 Å². The van der Waals surface area contributed by atoms with Crippen LogP contribution in [0, 0.1) is 0 Å². The van der Waals surface area contributed by atoms with Crippen LogP contribution in [0.2, 0.25) is 0 Å². The van der Waals surface area contributed by atoms with Gasteiger partial charge in [0.25, 0.3) is 0 Å². The fraction of sp³-hybridized carbons (Fsp3) is 0.438. The number of H-pyrrole nitrogens is 1. The van der Waals surface area contributed by atoms with E-state index in [2.05, 4.69) is 4.98 Å². The van der Waals surface area contributed by atoms with Crippen LogP contribution in [0.4, 0.5) is 0 Å². The Balaban J connectivity index is 1.68. The Bertz CT molecular complexity index is 629. The van der Waals surface area contributed by atoms with E-state index in [4.69, 9.17) is 5.73 Å². The summed E-state index contributed by atoms with van der Waals surface area (Å²) in [5.41, 5.74) is 8.23. The summed E-state index contributed by atoms with van der Waals surface area (Å²) in [7, 11) is 0. The maximum absolute atomic E-state index is 12.4. The van der Waals surface area contributed by atoms with Crippen LogP contribution in [-0.2, 0) is 11.2 Å². The van der Waals surface area contributed by atoms with Crippen molar-refractivity contribution in [1.82, 2.24) is 9.88 Å². The fourth-order valence-corrected chi connectivity index (χ4v) is 2.95. The molecule has 0 unspecified atom stereocenters. The molecule has 21 heavy (non-hydrogen) atoms.